The molecule has 0 aliphatic rings. The molecule has 0 fully saturated rings. The highest BCUT2D eigenvalue weighted by molar-refractivity contribution is 7.86. The van der Waals surface area contributed by atoms with E-state index in [1.165, 1.54) is 12.3 Å². The van der Waals surface area contributed by atoms with Crippen LogP contribution in [-0.2, 0) is 11.0 Å². The lowest BCUT2D eigenvalue weighted by Gasteiger charge is -2.13. The Morgan fingerprint density at radius 1 is 1.09 bits per heavy atom. The smallest absolute Gasteiger partial charge is 0.255 e. The lowest BCUT2D eigenvalue weighted by molar-refractivity contribution is 0.423. The van der Waals surface area contributed by atoms with Crippen LogP contribution in [0.15, 0.2) is 86.8 Å². The number of allylic oxidation sites excluding steroid dienone is 5. The van der Waals surface area contributed by atoms with Gasteiger partial charge in [-0.05, 0) is 57.2 Å². The molecule has 1 aromatic carbocycles. The Bertz CT molecular complexity index is 1170. The van der Waals surface area contributed by atoms with Crippen molar-refractivity contribution in [3.05, 3.63) is 82.9 Å². The standard InChI is InChI=1S/C21H21N3O3S.2C2H6/c1-5-17(12-15(4)14(2)3)24-19-8-7-18(13-16(19)6-9-21(24)25)28(26)23-20-10-11-27-22-20;2*1-2/h5-13H,1H2,2-4H3,(H,22,23);2*1-2H3/b17-12+;;. The summed E-state index contributed by atoms with van der Waals surface area (Å²) in [6.07, 6.45) is 4.99. The molecule has 7 heteroatoms. The summed E-state index contributed by atoms with van der Waals surface area (Å²) in [7, 11) is -1.51. The Morgan fingerprint density at radius 2 is 1.78 bits per heavy atom. The third-order valence-corrected chi connectivity index (χ3v) is 5.41. The van der Waals surface area contributed by atoms with E-state index < -0.39 is 11.0 Å². The van der Waals surface area contributed by atoms with E-state index in [9.17, 15) is 9.00 Å². The van der Waals surface area contributed by atoms with Gasteiger partial charge in [0.25, 0.3) is 5.56 Å². The molecule has 0 saturated carbocycles. The largest absolute Gasteiger partial charge is 0.363 e. The third-order valence-electron chi connectivity index (χ3n) is 4.34. The topological polar surface area (TPSA) is 77.1 Å². The maximum Gasteiger partial charge on any atom is 0.255 e. The van der Waals surface area contributed by atoms with Crippen molar-refractivity contribution in [2.75, 3.05) is 4.72 Å². The second kappa shape index (κ2) is 13.3. The van der Waals surface area contributed by atoms with Crippen molar-refractivity contribution in [3.63, 3.8) is 0 Å². The molecule has 172 valence electrons. The van der Waals surface area contributed by atoms with Crippen LogP contribution in [0.25, 0.3) is 16.6 Å². The average molecular weight is 456 g/mol. The first kappa shape index (κ1) is 26.8. The Hall–Kier alpha value is -3.19. The summed E-state index contributed by atoms with van der Waals surface area (Å²) in [6, 6.07) is 10.1. The van der Waals surface area contributed by atoms with Gasteiger partial charge in [0.05, 0.1) is 10.4 Å². The van der Waals surface area contributed by atoms with Crippen LogP contribution in [0, 0.1) is 0 Å². The van der Waals surface area contributed by atoms with Crippen molar-refractivity contribution in [1.29, 1.82) is 0 Å². The molecule has 3 rings (SSSR count). The molecule has 6 nitrogen and oxygen atoms in total. The zero-order valence-electron chi connectivity index (χ0n) is 19.9. The van der Waals surface area contributed by atoms with E-state index >= 15 is 0 Å². The van der Waals surface area contributed by atoms with E-state index in [0.29, 0.717) is 21.9 Å². The molecular formula is C25H33N3O3S. The van der Waals surface area contributed by atoms with Crippen LogP contribution in [0.5, 0.6) is 0 Å². The fraction of sp³-hybridized carbons (Fsp3) is 0.280. The van der Waals surface area contributed by atoms with Crippen molar-refractivity contribution in [2.45, 2.75) is 53.4 Å². The zero-order chi connectivity index (χ0) is 24.3. The van der Waals surface area contributed by atoms with E-state index in [-0.39, 0.29) is 5.56 Å². The van der Waals surface area contributed by atoms with Gasteiger partial charge in [-0.3, -0.25) is 14.1 Å². The Morgan fingerprint density at radius 3 is 2.34 bits per heavy atom. The fourth-order valence-electron chi connectivity index (χ4n) is 2.61. The van der Waals surface area contributed by atoms with Gasteiger partial charge in [0.1, 0.15) is 6.26 Å². The summed E-state index contributed by atoms with van der Waals surface area (Å²) in [5.74, 6) is 0.387. The number of rotatable bonds is 6. The van der Waals surface area contributed by atoms with Gasteiger partial charge in [-0.25, -0.2) is 4.21 Å². The predicted molar refractivity (Wildman–Crippen MR) is 136 cm³/mol. The van der Waals surface area contributed by atoms with Gasteiger partial charge < -0.3 is 4.52 Å². The van der Waals surface area contributed by atoms with Gasteiger partial charge in [-0.15, -0.1) is 0 Å². The first-order chi connectivity index (χ1) is 15.4. The van der Waals surface area contributed by atoms with E-state index in [2.05, 4.69) is 16.5 Å². The molecule has 0 bridgehead atoms. The second-order valence-electron chi connectivity index (χ2n) is 6.44. The lowest BCUT2D eigenvalue weighted by Crippen LogP contribution is -2.18. The van der Waals surface area contributed by atoms with Crippen LogP contribution < -0.4 is 10.3 Å². The molecule has 2 aromatic heterocycles. The molecule has 32 heavy (non-hydrogen) atoms. The van der Waals surface area contributed by atoms with Gasteiger partial charge in [0.2, 0.25) is 0 Å². The molecule has 0 radical (unpaired) electrons. The molecular weight excluding hydrogens is 422 g/mol. The summed E-state index contributed by atoms with van der Waals surface area (Å²) in [5.41, 5.74) is 3.46. The molecule has 3 aromatic rings. The summed E-state index contributed by atoms with van der Waals surface area (Å²) in [6.45, 7) is 17.9. The van der Waals surface area contributed by atoms with Crippen molar-refractivity contribution in [2.24, 2.45) is 0 Å². The van der Waals surface area contributed by atoms with Crippen molar-refractivity contribution < 1.29 is 8.73 Å². The summed E-state index contributed by atoms with van der Waals surface area (Å²) in [4.78, 5) is 13.1. The van der Waals surface area contributed by atoms with Gasteiger partial charge in [0, 0.05) is 23.2 Å². The molecule has 2 heterocycles. The molecule has 1 atom stereocenters. The second-order valence-corrected chi connectivity index (χ2v) is 7.65. The van der Waals surface area contributed by atoms with Gasteiger partial charge in [-0.2, -0.15) is 0 Å². The highest BCUT2D eigenvalue weighted by atomic mass is 32.2. The maximum atomic E-state index is 12.6. The van der Waals surface area contributed by atoms with Gasteiger partial charge in [0.15, 0.2) is 16.8 Å². The quantitative estimate of drug-likeness (QED) is 0.427. The highest BCUT2D eigenvalue weighted by Crippen LogP contribution is 2.21. The zero-order valence-corrected chi connectivity index (χ0v) is 20.7. The summed E-state index contributed by atoms with van der Waals surface area (Å²) >= 11 is 0. The molecule has 1 N–H and O–H groups in total. The molecule has 0 aliphatic heterocycles. The monoisotopic (exact) mass is 455 g/mol. The number of hydrogen-bond donors (Lipinski definition) is 1. The Kier molecular flexibility index (Phi) is 11.1. The van der Waals surface area contributed by atoms with Crippen LogP contribution in [0.3, 0.4) is 0 Å². The van der Waals surface area contributed by atoms with Gasteiger partial charge >= 0.3 is 0 Å². The first-order valence-electron chi connectivity index (χ1n) is 10.6. The normalized spacial score (nSPS) is 11.4. The Labute approximate surface area is 192 Å². The van der Waals surface area contributed by atoms with Crippen molar-refractivity contribution in [3.8, 4) is 0 Å². The highest BCUT2D eigenvalue weighted by Gasteiger charge is 2.11. The van der Waals surface area contributed by atoms with Crippen molar-refractivity contribution in [1.82, 2.24) is 9.72 Å². The van der Waals surface area contributed by atoms with Gasteiger partial charge in [-0.1, -0.05) is 50.6 Å². The Balaban J connectivity index is 0.00000121. The van der Waals surface area contributed by atoms with E-state index in [1.54, 1.807) is 41.0 Å². The van der Waals surface area contributed by atoms with Crippen LogP contribution in [0.2, 0.25) is 0 Å². The average Bonchev–Trinajstić information content (AvgIpc) is 3.33. The third kappa shape index (κ3) is 6.65. The molecule has 0 spiro atoms. The number of hydrogen-bond acceptors (Lipinski definition) is 4. The van der Waals surface area contributed by atoms with Crippen molar-refractivity contribution >= 4 is 33.4 Å². The van der Waals surface area contributed by atoms with Crippen LogP contribution in [0.1, 0.15) is 48.5 Å². The number of aromatic nitrogens is 2. The summed E-state index contributed by atoms with van der Waals surface area (Å²) < 4.78 is 21.6. The lowest BCUT2D eigenvalue weighted by atomic mass is 10.1. The van der Waals surface area contributed by atoms with Crippen LogP contribution >= 0.6 is 0 Å². The first-order valence-corrected chi connectivity index (χ1v) is 11.8. The minimum Gasteiger partial charge on any atom is -0.363 e. The minimum absolute atomic E-state index is 0.158. The molecule has 0 aliphatic carbocycles. The number of nitrogens with zero attached hydrogens (tertiary/aromatic N) is 2. The maximum absolute atomic E-state index is 12.6. The SMILES string of the molecule is C=C/C(=C\C(C)=C(C)C)n1c(=O)ccc2cc(S(=O)Nc3ccon3)ccc21.CC.CC. The number of nitrogens with one attached hydrogen (secondary N) is 1. The van der Waals surface area contributed by atoms with E-state index in [1.807, 2.05) is 54.5 Å². The number of anilines is 1. The van der Waals surface area contributed by atoms with E-state index in [4.69, 9.17) is 4.52 Å². The van der Waals surface area contributed by atoms with Crippen LogP contribution in [-0.4, -0.2) is 13.9 Å². The molecule has 0 amide bonds. The molecule has 0 saturated heterocycles. The number of pyridine rings is 1. The summed E-state index contributed by atoms with van der Waals surface area (Å²) in [5, 5.41) is 4.49. The number of fused-ring (bicyclic) bond motifs is 1. The van der Waals surface area contributed by atoms with Crippen LogP contribution in [0.4, 0.5) is 5.82 Å². The fourth-order valence-corrected chi connectivity index (χ4v) is 3.44. The molecule has 1 unspecified atom stereocenters. The number of benzene rings is 1. The predicted octanol–water partition coefficient (Wildman–Crippen LogP) is 6.56. The van der Waals surface area contributed by atoms with E-state index in [0.717, 1.165) is 16.5 Å². The minimum atomic E-state index is -1.51.